The monoisotopic (exact) mass is 537 g/mol. The first-order valence-electron chi connectivity index (χ1n) is 8.48. The number of carbonyl (C=O) groups is 1. The first-order chi connectivity index (χ1) is 12.6. The molecule has 2 rings (SSSR count). The van der Waals surface area contributed by atoms with Crippen molar-refractivity contribution in [1.29, 1.82) is 0 Å². The van der Waals surface area contributed by atoms with Gasteiger partial charge in [0.25, 0.3) is 5.91 Å². The number of halogens is 4. The summed E-state index contributed by atoms with van der Waals surface area (Å²) in [5, 5.41) is 2.96. The van der Waals surface area contributed by atoms with E-state index < -0.39 is 0 Å². The van der Waals surface area contributed by atoms with Gasteiger partial charge >= 0.3 is 0 Å². The largest absolute Gasteiger partial charge is 1.00 e. The summed E-state index contributed by atoms with van der Waals surface area (Å²) in [6.07, 6.45) is 3.83. The van der Waals surface area contributed by atoms with Crippen molar-refractivity contribution in [3.8, 4) is 0 Å². The smallest absolute Gasteiger partial charge is 0.257 e. The van der Waals surface area contributed by atoms with Crippen molar-refractivity contribution in [3.63, 3.8) is 0 Å². The molecule has 0 spiro atoms. The molecule has 8 heteroatoms. The van der Waals surface area contributed by atoms with Gasteiger partial charge in [-0.3, -0.25) is 9.69 Å². The SMILES string of the molecule is O=C(NCCN(CCCl)CCCl)c1ccc[n+](Cc2ccc(Br)cc2)c1.[Br-]. The fourth-order valence-electron chi connectivity index (χ4n) is 2.56. The molecule has 0 aliphatic carbocycles. The number of hydrogen-bond donors (Lipinski definition) is 1. The van der Waals surface area contributed by atoms with Crippen LogP contribution in [0.2, 0.25) is 0 Å². The average molecular weight is 540 g/mol. The lowest BCUT2D eigenvalue weighted by Crippen LogP contribution is -3.00. The molecule has 4 nitrogen and oxygen atoms in total. The number of hydrogen-bond acceptors (Lipinski definition) is 2. The molecular weight excluding hydrogens is 517 g/mol. The van der Waals surface area contributed by atoms with Crippen LogP contribution in [0, 0.1) is 0 Å². The molecule has 2 aromatic rings. The number of amides is 1. The summed E-state index contributed by atoms with van der Waals surface area (Å²) < 4.78 is 3.06. The fraction of sp³-hybridized carbons (Fsp3) is 0.368. The van der Waals surface area contributed by atoms with Crippen LogP contribution in [0.15, 0.2) is 53.3 Å². The van der Waals surface area contributed by atoms with Gasteiger partial charge in [-0.15, -0.1) is 23.2 Å². The van der Waals surface area contributed by atoms with Gasteiger partial charge in [-0.05, 0) is 18.2 Å². The van der Waals surface area contributed by atoms with E-state index in [9.17, 15) is 4.79 Å². The van der Waals surface area contributed by atoms with E-state index in [-0.39, 0.29) is 22.9 Å². The minimum absolute atomic E-state index is 0. The highest BCUT2D eigenvalue weighted by Gasteiger charge is 2.11. The van der Waals surface area contributed by atoms with Crippen molar-refractivity contribution in [2.45, 2.75) is 6.54 Å². The molecule has 0 aliphatic rings. The standard InChI is InChI=1S/C19H22BrCl2N3O.BrH/c20-18-5-3-16(4-6-18)14-25-10-1-2-17(15-25)19(26)23-9-13-24(11-7-21)12-8-22;/h1-6,10,15H,7-9,11-14H2;1H. The quantitative estimate of drug-likeness (QED) is 0.348. The Morgan fingerprint density at radius 1 is 1.07 bits per heavy atom. The molecule has 1 amide bonds. The first-order valence-corrected chi connectivity index (χ1v) is 10.3. The summed E-state index contributed by atoms with van der Waals surface area (Å²) in [5.74, 6) is 1.03. The minimum Gasteiger partial charge on any atom is -1.00 e. The average Bonchev–Trinajstić information content (AvgIpc) is 2.64. The summed E-state index contributed by atoms with van der Waals surface area (Å²) in [7, 11) is 0. The second-order valence-electron chi connectivity index (χ2n) is 5.87. The Hall–Kier alpha value is -0.660. The summed E-state index contributed by atoms with van der Waals surface area (Å²) in [6, 6.07) is 11.9. The van der Waals surface area contributed by atoms with Gasteiger partial charge in [-0.2, -0.15) is 4.57 Å². The third-order valence-electron chi connectivity index (χ3n) is 3.91. The normalized spacial score (nSPS) is 10.5. The van der Waals surface area contributed by atoms with Crippen LogP contribution in [0.4, 0.5) is 0 Å². The summed E-state index contributed by atoms with van der Waals surface area (Å²) in [6.45, 7) is 3.55. The minimum atomic E-state index is -0.0770. The zero-order valence-corrected chi connectivity index (χ0v) is 19.6. The van der Waals surface area contributed by atoms with Crippen molar-refractivity contribution in [3.05, 3.63) is 64.4 Å². The Bertz CT molecular complexity index is 696. The highest BCUT2D eigenvalue weighted by molar-refractivity contribution is 9.10. The third kappa shape index (κ3) is 8.92. The molecule has 148 valence electrons. The predicted octanol–water partition coefficient (Wildman–Crippen LogP) is 0.298. The van der Waals surface area contributed by atoms with Crippen LogP contribution < -0.4 is 26.9 Å². The number of alkyl halides is 2. The Balaban J connectivity index is 0.00000364. The van der Waals surface area contributed by atoms with Gasteiger partial charge < -0.3 is 22.3 Å². The van der Waals surface area contributed by atoms with Gasteiger partial charge in [0, 0.05) is 54.0 Å². The van der Waals surface area contributed by atoms with Crippen molar-refractivity contribution in [2.24, 2.45) is 0 Å². The molecule has 1 N–H and O–H groups in total. The third-order valence-corrected chi connectivity index (χ3v) is 4.78. The molecule has 0 bridgehead atoms. The zero-order chi connectivity index (χ0) is 18.8. The summed E-state index contributed by atoms with van der Waals surface area (Å²) in [4.78, 5) is 14.5. The van der Waals surface area contributed by atoms with Crippen LogP contribution in [-0.4, -0.2) is 48.7 Å². The lowest BCUT2D eigenvalue weighted by atomic mass is 10.2. The van der Waals surface area contributed by atoms with E-state index in [1.54, 1.807) is 0 Å². The molecule has 27 heavy (non-hydrogen) atoms. The number of benzene rings is 1. The Morgan fingerprint density at radius 3 is 2.37 bits per heavy atom. The maximum atomic E-state index is 12.4. The van der Waals surface area contributed by atoms with Crippen LogP contribution >= 0.6 is 39.1 Å². The molecule has 1 heterocycles. The number of nitrogens with zero attached hydrogens (tertiary/aromatic N) is 2. The van der Waals surface area contributed by atoms with Crippen molar-refractivity contribution in [1.82, 2.24) is 10.2 Å². The lowest BCUT2D eigenvalue weighted by molar-refractivity contribution is -0.688. The molecule has 0 atom stereocenters. The molecule has 0 radical (unpaired) electrons. The van der Waals surface area contributed by atoms with E-state index in [0.717, 1.165) is 24.1 Å². The van der Waals surface area contributed by atoms with Crippen LogP contribution in [0.25, 0.3) is 0 Å². The highest BCUT2D eigenvalue weighted by Crippen LogP contribution is 2.10. The lowest BCUT2D eigenvalue weighted by Gasteiger charge is -2.19. The maximum absolute atomic E-state index is 12.4. The van der Waals surface area contributed by atoms with Gasteiger partial charge in [-0.25, -0.2) is 0 Å². The van der Waals surface area contributed by atoms with Crippen molar-refractivity contribution in [2.75, 3.05) is 37.9 Å². The van der Waals surface area contributed by atoms with Crippen LogP contribution in [-0.2, 0) is 6.54 Å². The van der Waals surface area contributed by atoms with Crippen molar-refractivity contribution < 1.29 is 26.3 Å². The number of rotatable bonds is 10. The van der Waals surface area contributed by atoms with Crippen LogP contribution in [0.1, 0.15) is 15.9 Å². The Kier molecular flexibility index (Phi) is 12.2. The molecule has 1 aromatic carbocycles. The fourth-order valence-corrected chi connectivity index (χ4v) is 3.30. The van der Waals surface area contributed by atoms with Gasteiger partial charge in [-0.1, -0.05) is 28.1 Å². The van der Waals surface area contributed by atoms with E-state index in [2.05, 4.69) is 38.3 Å². The van der Waals surface area contributed by atoms with E-state index in [4.69, 9.17) is 23.2 Å². The van der Waals surface area contributed by atoms with Gasteiger partial charge in [0.15, 0.2) is 18.9 Å². The van der Waals surface area contributed by atoms with Crippen LogP contribution in [0.5, 0.6) is 0 Å². The number of aromatic nitrogens is 1. The van der Waals surface area contributed by atoms with Crippen LogP contribution in [0.3, 0.4) is 0 Å². The molecule has 0 fully saturated rings. The molecule has 0 unspecified atom stereocenters. The Morgan fingerprint density at radius 2 is 1.74 bits per heavy atom. The molecule has 1 aromatic heterocycles. The zero-order valence-electron chi connectivity index (χ0n) is 14.9. The van der Waals surface area contributed by atoms with Gasteiger partial charge in [0.05, 0.1) is 0 Å². The number of carbonyl (C=O) groups excluding carboxylic acids is 1. The van der Waals surface area contributed by atoms with E-state index >= 15 is 0 Å². The molecule has 0 aliphatic heterocycles. The van der Waals surface area contributed by atoms with E-state index in [1.165, 1.54) is 5.56 Å². The number of nitrogens with one attached hydrogen (secondary N) is 1. The van der Waals surface area contributed by atoms with E-state index in [1.807, 2.05) is 41.2 Å². The maximum Gasteiger partial charge on any atom is 0.257 e. The first kappa shape index (κ1) is 24.4. The summed E-state index contributed by atoms with van der Waals surface area (Å²) in [5.41, 5.74) is 1.82. The second kappa shape index (κ2) is 13.5. The van der Waals surface area contributed by atoms with Crippen molar-refractivity contribution >= 4 is 45.0 Å². The predicted molar refractivity (Wildman–Crippen MR) is 110 cm³/mol. The summed E-state index contributed by atoms with van der Waals surface area (Å²) >= 11 is 15.0. The van der Waals surface area contributed by atoms with Gasteiger partial charge in [0.1, 0.15) is 5.56 Å². The van der Waals surface area contributed by atoms with Gasteiger partial charge in [0.2, 0.25) is 0 Å². The Labute approximate surface area is 189 Å². The topological polar surface area (TPSA) is 36.2 Å². The highest BCUT2D eigenvalue weighted by atomic mass is 79.9. The molecule has 0 saturated heterocycles. The molecule has 0 saturated carbocycles. The van der Waals surface area contributed by atoms with E-state index in [0.29, 0.717) is 30.4 Å². The molecular formula is C19H23Br2Cl2N3O. The second-order valence-corrected chi connectivity index (χ2v) is 7.54. The number of pyridine rings is 1.